The van der Waals surface area contributed by atoms with Gasteiger partial charge in [-0.25, -0.2) is 27.9 Å². The van der Waals surface area contributed by atoms with E-state index in [-0.39, 0.29) is 23.7 Å². The van der Waals surface area contributed by atoms with E-state index in [1.807, 2.05) is 12.4 Å². The van der Waals surface area contributed by atoms with Gasteiger partial charge >= 0.3 is 0 Å². The molecule has 3 aromatic rings. The molecule has 0 spiro atoms. The third-order valence-corrected chi connectivity index (χ3v) is 6.69. The Morgan fingerprint density at radius 2 is 1.66 bits per heavy atom. The number of halogens is 3. The smallest absolute Gasteiger partial charge is 0.225 e. The second-order valence-electron chi connectivity index (χ2n) is 10.6. The monoisotopic (exact) mass is 526 g/mol. The second-order valence-corrected chi connectivity index (χ2v) is 10.6. The number of rotatable bonds is 7. The van der Waals surface area contributed by atoms with Gasteiger partial charge in [0.05, 0.1) is 6.61 Å². The van der Waals surface area contributed by atoms with E-state index in [2.05, 4.69) is 21.8 Å². The van der Waals surface area contributed by atoms with Gasteiger partial charge < -0.3 is 14.8 Å². The largest absolute Gasteiger partial charge is 0.623 e. The number of aryl methyl sites for hydroxylation is 1. The first-order valence-corrected chi connectivity index (χ1v) is 12.8. The van der Waals surface area contributed by atoms with Crippen LogP contribution in [0, 0.1) is 28.6 Å². The molecule has 4 rings (SSSR count). The van der Waals surface area contributed by atoms with Crippen LogP contribution in [0.5, 0.6) is 5.75 Å². The lowest BCUT2D eigenvalue weighted by molar-refractivity contribution is -0.530. The Morgan fingerprint density at radius 1 is 1.03 bits per heavy atom. The molecule has 0 aliphatic carbocycles. The number of benzene rings is 2. The highest BCUT2D eigenvalue weighted by molar-refractivity contribution is 5.78. The summed E-state index contributed by atoms with van der Waals surface area (Å²) in [5.41, 5.74) is 0.836. The molecule has 0 radical (unpaired) electrons. The molecule has 2 aromatic carbocycles. The first kappa shape index (κ1) is 27.4. The Labute approximate surface area is 221 Å². The first-order valence-electron chi connectivity index (χ1n) is 12.8. The van der Waals surface area contributed by atoms with Crippen LogP contribution >= 0.6 is 0 Å². The summed E-state index contributed by atoms with van der Waals surface area (Å²) in [7, 11) is 0. The number of nitrogens with zero attached hydrogens (tertiary/aromatic N) is 4. The Hall–Kier alpha value is -3.62. The zero-order valence-corrected chi connectivity index (χ0v) is 22.2. The van der Waals surface area contributed by atoms with Gasteiger partial charge in [0.25, 0.3) is 0 Å². The Balaban J connectivity index is 1.39. The summed E-state index contributed by atoms with van der Waals surface area (Å²) >= 11 is 0. The van der Waals surface area contributed by atoms with Crippen molar-refractivity contribution in [2.24, 2.45) is 5.92 Å². The van der Waals surface area contributed by atoms with Gasteiger partial charge in [-0.1, -0.05) is 13.0 Å². The second kappa shape index (κ2) is 11.4. The van der Waals surface area contributed by atoms with Gasteiger partial charge in [0.2, 0.25) is 5.95 Å². The van der Waals surface area contributed by atoms with Crippen molar-refractivity contribution in [2.45, 2.75) is 52.5 Å². The minimum Gasteiger partial charge on any atom is -0.623 e. The molecule has 1 aliphatic rings. The summed E-state index contributed by atoms with van der Waals surface area (Å²) in [6.07, 6.45) is 7.39. The van der Waals surface area contributed by atoms with Crippen LogP contribution in [0.25, 0.3) is 11.1 Å². The van der Waals surface area contributed by atoms with Crippen molar-refractivity contribution in [3.8, 4) is 16.9 Å². The maximum Gasteiger partial charge on any atom is 0.225 e. The maximum atomic E-state index is 14.8. The van der Waals surface area contributed by atoms with Gasteiger partial charge in [0.1, 0.15) is 5.82 Å². The standard InChI is InChI=1S/C29H33F3N4O2/c1-5-19-15-33-28(34-16-19)35-10-8-20(9-11-35)18-38-27-25(31)13-22(14-26(27)32)23-7-6-21(12-24(23)30)17-36(37)29(2,3)4/h6-7,12-17,20H,5,8-11,18H2,1-4H3/b36-17-. The molecule has 0 saturated carbocycles. The molecule has 0 N–H and O–H groups in total. The molecule has 38 heavy (non-hydrogen) atoms. The van der Waals surface area contributed by atoms with Gasteiger partial charge in [-0.15, -0.1) is 0 Å². The van der Waals surface area contributed by atoms with Crippen LogP contribution in [0.15, 0.2) is 42.7 Å². The van der Waals surface area contributed by atoms with Crippen molar-refractivity contribution in [3.63, 3.8) is 0 Å². The van der Waals surface area contributed by atoms with E-state index >= 15 is 0 Å². The number of hydroxylamine groups is 1. The van der Waals surface area contributed by atoms with Crippen LogP contribution < -0.4 is 9.64 Å². The van der Waals surface area contributed by atoms with Crippen molar-refractivity contribution in [3.05, 3.63) is 76.5 Å². The topological polar surface area (TPSA) is 64.3 Å². The molecule has 9 heteroatoms. The minimum absolute atomic E-state index is 0.0290. The van der Waals surface area contributed by atoms with E-state index in [4.69, 9.17) is 4.74 Å². The van der Waals surface area contributed by atoms with Gasteiger partial charge in [-0.3, -0.25) is 0 Å². The molecule has 1 aliphatic heterocycles. The highest BCUT2D eigenvalue weighted by Crippen LogP contribution is 2.32. The molecule has 1 saturated heterocycles. The van der Waals surface area contributed by atoms with E-state index in [1.54, 1.807) is 20.8 Å². The summed E-state index contributed by atoms with van der Waals surface area (Å²) in [5, 5.41) is 12.1. The molecule has 2 heterocycles. The van der Waals surface area contributed by atoms with E-state index in [0.717, 1.165) is 54.8 Å². The van der Waals surface area contributed by atoms with Crippen molar-refractivity contribution >= 4 is 12.2 Å². The zero-order valence-electron chi connectivity index (χ0n) is 22.2. The summed E-state index contributed by atoms with van der Waals surface area (Å²) in [6, 6.07) is 6.23. The fraction of sp³-hybridized carbons (Fsp3) is 0.414. The van der Waals surface area contributed by atoms with Gasteiger partial charge in [0, 0.05) is 57.4 Å². The third kappa shape index (κ3) is 6.44. The predicted octanol–water partition coefficient (Wildman–Crippen LogP) is 6.15. The van der Waals surface area contributed by atoms with Gasteiger partial charge in [-0.2, -0.15) is 0 Å². The fourth-order valence-corrected chi connectivity index (χ4v) is 4.22. The summed E-state index contributed by atoms with van der Waals surface area (Å²) in [5.74, 6) is -2.12. The Kier molecular flexibility index (Phi) is 8.23. The molecular weight excluding hydrogens is 493 g/mol. The average Bonchev–Trinajstić information content (AvgIpc) is 2.88. The van der Waals surface area contributed by atoms with Crippen molar-refractivity contribution in [1.82, 2.24) is 9.97 Å². The normalized spacial score (nSPS) is 15.1. The lowest BCUT2D eigenvalue weighted by Crippen LogP contribution is -2.36. The first-order chi connectivity index (χ1) is 18.0. The number of aromatic nitrogens is 2. The quantitative estimate of drug-likeness (QED) is 0.160. The number of hydrogen-bond acceptors (Lipinski definition) is 5. The molecule has 1 aromatic heterocycles. The molecule has 0 bridgehead atoms. The molecule has 0 atom stereocenters. The van der Waals surface area contributed by atoms with Crippen LogP contribution in [-0.4, -0.2) is 46.2 Å². The summed E-state index contributed by atoms with van der Waals surface area (Å²) in [4.78, 5) is 10.9. The molecule has 6 nitrogen and oxygen atoms in total. The lowest BCUT2D eigenvalue weighted by Gasteiger charge is -2.31. The van der Waals surface area contributed by atoms with Crippen molar-refractivity contribution in [2.75, 3.05) is 24.6 Å². The number of ether oxygens (including phenoxy) is 1. The minimum atomic E-state index is -0.893. The van der Waals surface area contributed by atoms with E-state index in [0.29, 0.717) is 11.5 Å². The SMILES string of the molecule is CCc1cnc(N2CCC(COc3c(F)cc(-c4ccc(/C=[N+](\[O-])C(C)(C)C)cc4F)cc3F)CC2)nc1. The van der Waals surface area contributed by atoms with E-state index in [9.17, 15) is 18.4 Å². The number of anilines is 1. The predicted molar refractivity (Wildman–Crippen MR) is 142 cm³/mol. The van der Waals surface area contributed by atoms with Crippen LogP contribution in [0.3, 0.4) is 0 Å². The maximum absolute atomic E-state index is 14.8. The summed E-state index contributed by atoms with van der Waals surface area (Å²) < 4.78 is 50.8. The molecule has 1 fully saturated rings. The van der Waals surface area contributed by atoms with Gasteiger partial charge in [0.15, 0.2) is 29.1 Å². The van der Waals surface area contributed by atoms with Gasteiger partial charge in [-0.05, 0) is 60.6 Å². The fourth-order valence-electron chi connectivity index (χ4n) is 4.22. The van der Waals surface area contributed by atoms with E-state index < -0.39 is 28.7 Å². The Bertz CT molecular complexity index is 1280. The zero-order chi connectivity index (χ0) is 27.4. The highest BCUT2D eigenvalue weighted by Gasteiger charge is 2.23. The van der Waals surface area contributed by atoms with Crippen LogP contribution in [-0.2, 0) is 6.42 Å². The van der Waals surface area contributed by atoms with Crippen molar-refractivity contribution < 1.29 is 22.6 Å². The molecule has 0 unspecified atom stereocenters. The lowest BCUT2D eigenvalue weighted by atomic mass is 9.98. The molecule has 0 amide bonds. The van der Waals surface area contributed by atoms with Crippen LogP contribution in [0.1, 0.15) is 51.7 Å². The summed E-state index contributed by atoms with van der Waals surface area (Å²) in [6.45, 7) is 8.90. The van der Waals surface area contributed by atoms with Crippen LogP contribution in [0.4, 0.5) is 19.1 Å². The molecular formula is C29H33F3N4O2. The number of hydrogen-bond donors (Lipinski definition) is 0. The van der Waals surface area contributed by atoms with E-state index in [1.165, 1.54) is 24.4 Å². The average molecular weight is 527 g/mol. The Morgan fingerprint density at radius 3 is 2.21 bits per heavy atom. The van der Waals surface area contributed by atoms with Crippen molar-refractivity contribution in [1.29, 1.82) is 0 Å². The third-order valence-electron chi connectivity index (χ3n) is 6.69. The van der Waals surface area contributed by atoms with Crippen LogP contribution in [0.2, 0.25) is 0 Å². The molecule has 202 valence electrons. The number of piperidine rings is 1. The highest BCUT2D eigenvalue weighted by atomic mass is 19.1.